The van der Waals surface area contributed by atoms with Gasteiger partial charge in [-0.2, -0.15) is 0 Å². The number of carbonyl (C=O) groups is 2. The third-order valence-corrected chi connectivity index (χ3v) is 5.90. The molecule has 0 saturated heterocycles. The molecule has 0 spiro atoms. The van der Waals surface area contributed by atoms with E-state index in [1.807, 2.05) is 19.1 Å². The number of Topliss-reactive ketones (excluding diaryl/α,β-unsaturated/α-hetero) is 2. The first kappa shape index (κ1) is 22.9. The van der Waals surface area contributed by atoms with Crippen molar-refractivity contribution in [2.24, 2.45) is 5.92 Å². The van der Waals surface area contributed by atoms with Gasteiger partial charge in [-0.1, -0.05) is 12.1 Å². The Morgan fingerprint density at radius 2 is 1.82 bits per heavy atom. The summed E-state index contributed by atoms with van der Waals surface area (Å²) in [5.41, 5.74) is 0.575. The SMILES string of the molecule is CCOc1ccccc1OC1=COC2CC(OCC(=O)c3ccc(OC)cc3)CCC2C1=O. The van der Waals surface area contributed by atoms with Crippen LogP contribution in [0, 0.1) is 5.92 Å². The molecule has 0 N–H and O–H groups in total. The Labute approximate surface area is 193 Å². The van der Waals surface area contributed by atoms with Gasteiger partial charge < -0.3 is 23.7 Å². The highest BCUT2D eigenvalue weighted by Crippen LogP contribution is 2.36. The quantitative estimate of drug-likeness (QED) is 0.523. The summed E-state index contributed by atoms with van der Waals surface area (Å²) in [6.07, 6.45) is 2.79. The van der Waals surface area contributed by atoms with Crippen molar-refractivity contribution in [1.82, 2.24) is 0 Å². The summed E-state index contributed by atoms with van der Waals surface area (Å²) >= 11 is 0. The van der Waals surface area contributed by atoms with Crippen LogP contribution in [0.2, 0.25) is 0 Å². The second-order valence-electron chi connectivity index (χ2n) is 8.01. The Kier molecular flexibility index (Phi) is 7.29. The van der Waals surface area contributed by atoms with Crippen LogP contribution in [0.15, 0.2) is 60.6 Å². The molecule has 0 bridgehead atoms. The normalized spacial score (nSPS) is 21.9. The van der Waals surface area contributed by atoms with E-state index in [1.54, 1.807) is 43.5 Å². The van der Waals surface area contributed by atoms with Crippen LogP contribution in [0.3, 0.4) is 0 Å². The molecular weight excluding hydrogens is 424 g/mol. The average Bonchev–Trinajstić information content (AvgIpc) is 2.85. The Balaban J connectivity index is 1.33. The molecule has 174 valence electrons. The summed E-state index contributed by atoms with van der Waals surface area (Å²) in [7, 11) is 1.58. The highest BCUT2D eigenvalue weighted by molar-refractivity contribution is 5.97. The number of methoxy groups -OCH3 is 1. The van der Waals surface area contributed by atoms with E-state index in [4.69, 9.17) is 23.7 Å². The lowest BCUT2D eigenvalue weighted by Crippen LogP contribution is -2.42. The number of hydrogen-bond acceptors (Lipinski definition) is 7. The van der Waals surface area contributed by atoms with Crippen molar-refractivity contribution in [2.75, 3.05) is 20.3 Å². The fourth-order valence-corrected chi connectivity index (χ4v) is 4.14. The minimum Gasteiger partial charge on any atom is -0.497 e. The van der Waals surface area contributed by atoms with Crippen LogP contribution < -0.4 is 14.2 Å². The fraction of sp³-hybridized carbons (Fsp3) is 0.385. The van der Waals surface area contributed by atoms with E-state index >= 15 is 0 Å². The fourth-order valence-electron chi connectivity index (χ4n) is 4.14. The third-order valence-electron chi connectivity index (χ3n) is 5.90. The number of allylic oxidation sites excluding steroid dienone is 1. The van der Waals surface area contributed by atoms with Gasteiger partial charge in [-0.15, -0.1) is 0 Å². The Bertz CT molecular complexity index is 1010. The van der Waals surface area contributed by atoms with Gasteiger partial charge in [-0.3, -0.25) is 9.59 Å². The molecule has 3 unspecified atom stereocenters. The van der Waals surface area contributed by atoms with Crippen LogP contribution in [0.5, 0.6) is 17.2 Å². The van der Waals surface area contributed by atoms with Crippen LogP contribution in [0.25, 0.3) is 0 Å². The van der Waals surface area contributed by atoms with Gasteiger partial charge in [0.1, 0.15) is 24.7 Å². The molecule has 0 aromatic heterocycles. The topological polar surface area (TPSA) is 80.3 Å². The Morgan fingerprint density at radius 1 is 1.06 bits per heavy atom. The molecular formula is C26H28O7. The summed E-state index contributed by atoms with van der Waals surface area (Å²) < 4.78 is 28.3. The lowest BCUT2D eigenvalue weighted by molar-refractivity contribution is -0.133. The summed E-state index contributed by atoms with van der Waals surface area (Å²) in [6, 6.07) is 14.2. The molecule has 1 saturated carbocycles. The maximum absolute atomic E-state index is 13.0. The predicted octanol–water partition coefficient (Wildman–Crippen LogP) is 4.35. The lowest BCUT2D eigenvalue weighted by atomic mass is 9.80. The molecule has 2 aromatic rings. The van der Waals surface area contributed by atoms with Gasteiger partial charge in [0.2, 0.25) is 11.5 Å². The minimum absolute atomic E-state index is 0.0132. The molecule has 7 nitrogen and oxygen atoms in total. The van der Waals surface area contributed by atoms with E-state index in [-0.39, 0.29) is 42.1 Å². The molecule has 1 aliphatic carbocycles. The van der Waals surface area contributed by atoms with Crippen LogP contribution in [0.1, 0.15) is 36.5 Å². The van der Waals surface area contributed by atoms with Crippen molar-refractivity contribution in [1.29, 1.82) is 0 Å². The van der Waals surface area contributed by atoms with Gasteiger partial charge in [0.15, 0.2) is 17.3 Å². The molecule has 7 heteroatoms. The summed E-state index contributed by atoms with van der Waals surface area (Å²) in [6.45, 7) is 2.37. The van der Waals surface area contributed by atoms with Gasteiger partial charge >= 0.3 is 0 Å². The molecule has 3 atom stereocenters. The maximum Gasteiger partial charge on any atom is 0.208 e. The van der Waals surface area contributed by atoms with Gasteiger partial charge in [-0.25, -0.2) is 0 Å². The summed E-state index contributed by atoms with van der Waals surface area (Å²) in [4.78, 5) is 25.4. The molecule has 2 aliphatic rings. The minimum atomic E-state index is -0.290. The van der Waals surface area contributed by atoms with Crippen LogP contribution >= 0.6 is 0 Å². The molecule has 4 rings (SSSR count). The smallest absolute Gasteiger partial charge is 0.208 e. The number of ketones is 2. The number of rotatable bonds is 9. The number of fused-ring (bicyclic) bond motifs is 1. The number of hydrogen-bond donors (Lipinski definition) is 0. The van der Waals surface area contributed by atoms with E-state index in [1.165, 1.54) is 6.26 Å². The van der Waals surface area contributed by atoms with Crippen molar-refractivity contribution in [3.8, 4) is 17.2 Å². The standard InChI is InChI=1S/C26H28O7/c1-3-30-22-6-4-5-7-23(22)33-25-16-32-24-14-19(12-13-20(24)26(25)28)31-15-21(27)17-8-10-18(29-2)11-9-17/h4-11,16,19-20,24H,3,12-15H2,1-2H3. The highest BCUT2D eigenvalue weighted by atomic mass is 16.5. The second-order valence-corrected chi connectivity index (χ2v) is 8.01. The zero-order chi connectivity index (χ0) is 23.2. The van der Waals surface area contributed by atoms with Gasteiger partial charge in [0.25, 0.3) is 0 Å². The van der Waals surface area contributed by atoms with E-state index in [0.717, 1.165) is 0 Å². The number of para-hydroxylation sites is 2. The van der Waals surface area contributed by atoms with Crippen molar-refractivity contribution < 1.29 is 33.3 Å². The molecule has 33 heavy (non-hydrogen) atoms. The summed E-state index contributed by atoms with van der Waals surface area (Å²) in [5, 5.41) is 0. The first-order valence-electron chi connectivity index (χ1n) is 11.2. The zero-order valence-corrected chi connectivity index (χ0v) is 18.8. The molecule has 1 fully saturated rings. The van der Waals surface area contributed by atoms with E-state index < -0.39 is 0 Å². The number of benzene rings is 2. The van der Waals surface area contributed by atoms with Crippen molar-refractivity contribution >= 4 is 11.6 Å². The molecule has 1 aliphatic heterocycles. The van der Waals surface area contributed by atoms with Gasteiger partial charge in [0, 0.05) is 12.0 Å². The van der Waals surface area contributed by atoms with E-state index in [0.29, 0.717) is 48.7 Å². The van der Waals surface area contributed by atoms with Gasteiger partial charge in [0.05, 0.1) is 25.7 Å². The first-order chi connectivity index (χ1) is 16.1. The third kappa shape index (κ3) is 5.37. The predicted molar refractivity (Wildman–Crippen MR) is 121 cm³/mol. The van der Waals surface area contributed by atoms with Crippen molar-refractivity contribution in [3.05, 3.63) is 66.1 Å². The monoisotopic (exact) mass is 452 g/mol. The molecule has 1 heterocycles. The maximum atomic E-state index is 13.0. The molecule has 0 amide bonds. The van der Waals surface area contributed by atoms with E-state index in [9.17, 15) is 9.59 Å². The first-order valence-corrected chi connectivity index (χ1v) is 11.2. The van der Waals surface area contributed by atoms with Crippen LogP contribution in [-0.2, 0) is 14.3 Å². The van der Waals surface area contributed by atoms with Crippen LogP contribution in [0.4, 0.5) is 0 Å². The summed E-state index contributed by atoms with van der Waals surface area (Å²) in [5.74, 6) is 1.47. The number of carbonyl (C=O) groups excluding carboxylic acids is 2. The van der Waals surface area contributed by atoms with E-state index in [2.05, 4.69) is 0 Å². The Morgan fingerprint density at radius 3 is 2.55 bits per heavy atom. The van der Waals surface area contributed by atoms with Crippen molar-refractivity contribution in [3.63, 3.8) is 0 Å². The number of ether oxygens (including phenoxy) is 5. The zero-order valence-electron chi connectivity index (χ0n) is 18.8. The molecule has 0 radical (unpaired) electrons. The largest absolute Gasteiger partial charge is 0.497 e. The Hall–Kier alpha value is -3.32. The molecule has 2 aromatic carbocycles. The van der Waals surface area contributed by atoms with Crippen LogP contribution in [-0.4, -0.2) is 44.1 Å². The lowest BCUT2D eigenvalue weighted by Gasteiger charge is -2.37. The van der Waals surface area contributed by atoms with Gasteiger partial charge in [-0.05, 0) is 56.2 Å². The highest BCUT2D eigenvalue weighted by Gasteiger charge is 2.41. The average molecular weight is 453 g/mol. The van der Waals surface area contributed by atoms with Crippen molar-refractivity contribution in [2.45, 2.75) is 38.4 Å². The second kappa shape index (κ2) is 10.5.